The predicted molar refractivity (Wildman–Crippen MR) is 60.9 cm³/mol. The minimum Gasteiger partial charge on any atom is -0.309 e. The van der Waals surface area contributed by atoms with Crippen LogP contribution < -0.4 is 5.56 Å². The molecule has 0 radical (unpaired) electrons. The first-order valence-electron chi connectivity index (χ1n) is 5.03. The Morgan fingerprint density at radius 1 is 1.41 bits per heavy atom. The molecule has 0 bridgehead atoms. The first kappa shape index (κ1) is 14.2. The van der Waals surface area contributed by atoms with E-state index < -0.39 is 18.2 Å². The topological polar surface area (TPSA) is 45.8 Å². The van der Waals surface area contributed by atoms with Crippen LogP contribution in [0.1, 0.15) is 25.4 Å². The Bertz CT molecular complexity index is 454. The summed E-state index contributed by atoms with van der Waals surface area (Å²) in [7, 11) is 0. The van der Waals surface area contributed by atoms with Gasteiger partial charge in [0.25, 0.3) is 5.56 Å². The molecule has 0 spiro atoms. The van der Waals surface area contributed by atoms with Crippen LogP contribution in [0.4, 0.5) is 13.2 Å². The Morgan fingerprint density at radius 3 is 2.47 bits per heavy atom. The molecule has 0 aliphatic heterocycles. The molecule has 1 aromatic rings. The van der Waals surface area contributed by atoms with Gasteiger partial charge in [0.05, 0.1) is 5.69 Å². The highest BCUT2D eigenvalue weighted by molar-refractivity contribution is 9.10. The molecule has 7 heteroatoms. The monoisotopic (exact) mass is 312 g/mol. The fraction of sp³-hybridized carbons (Fsp3) is 0.600. The van der Waals surface area contributed by atoms with Gasteiger partial charge in [0.2, 0.25) is 0 Å². The summed E-state index contributed by atoms with van der Waals surface area (Å²) in [6.45, 7) is 3.80. The normalized spacial score (nSPS) is 12.2. The molecule has 3 nitrogen and oxygen atoms in total. The molecule has 0 saturated carbocycles. The SMILES string of the molecule is CC(C)Cc1nc(CC(F)(F)F)[nH]c(=O)c1Br. The Kier molecular flexibility index (Phi) is 4.35. The lowest BCUT2D eigenvalue weighted by Crippen LogP contribution is -2.21. The molecule has 0 aromatic carbocycles. The summed E-state index contributed by atoms with van der Waals surface area (Å²) >= 11 is 3.03. The lowest BCUT2D eigenvalue weighted by molar-refractivity contribution is -0.128. The summed E-state index contributed by atoms with van der Waals surface area (Å²) in [5.41, 5.74) is -0.210. The van der Waals surface area contributed by atoms with Crippen molar-refractivity contribution in [1.82, 2.24) is 9.97 Å². The van der Waals surface area contributed by atoms with Crippen LogP contribution in [-0.4, -0.2) is 16.1 Å². The zero-order chi connectivity index (χ0) is 13.2. The Hall–Kier alpha value is -0.850. The molecular weight excluding hydrogens is 301 g/mol. The van der Waals surface area contributed by atoms with Gasteiger partial charge in [-0.1, -0.05) is 13.8 Å². The summed E-state index contributed by atoms with van der Waals surface area (Å²) in [6.07, 6.45) is -5.14. The zero-order valence-corrected chi connectivity index (χ0v) is 10.9. The summed E-state index contributed by atoms with van der Waals surface area (Å²) in [4.78, 5) is 17.4. The summed E-state index contributed by atoms with van der Waals surface area (Å²) in [6, 6.07) is 0. The van der Waals surface area contributed by atoms with Crippen molar-refractivity contribution in [1.29, 1.82) is 0 Å². The van der Waals surface area contributed by atoms with E-state index in [1.165, 1.54) is 0 Å². The molecular formula is C10H12BrF3N2O. The van der Waals surface area contributed by atoms with Gasteiger partial charge in [0.15, 0.2) is 0 Å². The predicted octanol–water partition coefficient (Wildman–Crippen LogP) is 2.84. The fourth-order valence-electron chi connectivity index (χ4n) is 1.35. The number of aromatic nitrogens is 2. The highest BCUT2D eigenvalue weighted by atomic mass is 79.9. The van der Waals surface area contributed by atoms with Crippen molar-refractivity contribution in [2.24, 2.45) is 5.92 Å². The van der Waals surface area contributed by atoms with Gasteiger partial charge in [-0.2, -0.15) is 13.2 Å². The number of nitrogens with one attached hydrogen (secondary N) is 1. The standard InChI is InChI=1S/C10H12BrF3N2O/c1-5(2)3-6-8(11)9(17)16-7(15-6)4-10(12,13)14/h5H,3-4H2,1-2H3,(H,15,16,17). The summed E-state index contributed by atoms with van der Waals surface area (Å²) < 4.78 is 36.8. The second-order valence-corrected chi connectivity index (χ2v) is 4.96. The lowest BCUT2D eigenvalue weighted by Gasteiger charge is -2.10. The van der Waals surface area contributed by atoms with Gasteiger partial charge in [-0.05, 0) is 28.3 Å². The highest BCUT2D eigenvalue weighted by Crippen LogP contribution is 2.20. The maximum absolute atomic E-state index is 12.2. The maximum atomic E-state index is 12.2. The van der Waals surface area contributed by atoms with Crippen molar-refractivity contribution < 1.29 is 13.2 Å². The van der Waals surface area contributed by atoms with Gasteiger partial charge in [-0.3, -0.25) is 4.79 Å². The average molecular weight is 313 g/mol. The minimum atomic E-state index is -4.38. The molecule has 1 N–H and O–H groups in total. The van der Waals surface area contributed by atoms with Crippen molar-refractivity contribution in [2.45, 2.75) is 32.9 Å². The van der Waals surface area contributed by atoms with E-state index in [1.54, 1.807) is 0 Å². The molecule has 0 saturated heterocycles. The lowest BCUT2D eigenvalue weighted by atomic mass is 10.1. The van der Waals surface area contributed by atoms with Gasteiger partial charge in [0.1, 0.15) is 16.7 Å². The summed E-state index contributed by atoms with van der Waals surface area (Å²) in [5, 5.41) is 0. The molecule has 96 valence electrons. The van der Waals surface area contributed by atoms with Crippen LogP contribution in [0.3, 0.4) is 0 Å². The molecule has 0 aliphatic rings. The number of aromatic amines is 1. The molecule has 17 heavy (non-hydrogen) atoms. The van der Waals surface area contributed by atoms with Gasteiger partial charge in [-0.25, -0.2) is 4.98 Å². The van der Waals surface area contributed by atoms with E-state index in [-0.39, 0.29) is 16.2 Å². The number of hydrogen-bond donors (Lipinski definition) is 1. The molecule has 1 aromatic heterocycles. The highest BCUT2D eigenvalue weighted by Gasteiger charge is 2.29. The van der Waals surface area contributed by atoms with Crippen LogP contribution in [0.25, 0.3) is 0 Å². The average Bonchev–Trinajstić information content (AvgIpc) is 2.09. The van der Waals surface area contributed by atoms with E-state index in [2.05, 4.69) is 25.9 Å². The van der Waals surface area contributed by atoms with Gasteiger partial charge >= 0.3 is 6.18 Å². The third kappa shape index (κ3) is 4.49. The van der Waals surface area contributed by atoms with E-state index in [4.69, 9.17) is 0 Å². The van der Waals surface area contributed by atoms with E-state index in [1.807, 2.05) is 13.8 Å². The van der Waals surface area contributed by atoms with E-state index in [9.17, 15) is 18.0 Å². The third-order valence-corrected chi connectivity index (χ3v) is 2.77. The fourth-order valence-corrected chi connectivity index (χ4v) is 1.70. The van der Waals surface area contributed by atoms with Crippen molar-refractivity contribution in [3.8, 4) is 0 Å². The number of halogens is 4. The van der Waals surface area contributed by atoms with Crippen LogP contribution in [0.2, 0.25) is 0 Å². The van der Waals surface area contributed by atoms with Gasteiger partial charge in [-0.15, -0.1) is 0 Å². The molecule has 0 fully saturated rings. The largest absolute Gasteiger partial charge is 0.396 e. The smallest absolute Gasteiger partial charge is 0.309 e. The zero-order valence-electron chi connectivity index (χ0n) is 9.36. The second kappa shape index (κ2) is 5.20. The number of H-pyrrole nitrogens is 1. The molecule has 0 amide bonds. The second-order valence-electron chi connectivity index (χ2n) is 4.16. The van der Waals surface area contributed by atoms with Crippen LogP contribution >= 0.6 is 15.9 Å². The van der Waals surface area contributed by atoms with Crippen molar-refractivity contribution >= 4 is 15.9 Å². The Labute approximate surface area is 105 Å². The Balaban J connectivity index is 3.10. The number of hydrogen-bond acceptors (Lipinski definition) is 2. The number of nitrogens with zero attached hydrogens (tertiary/aromatic N) is 1. The Morgan fingerprint density at radius 2 is 2.00 bits per heavy atom. The summed E-state index contributed by atoms with van der Waals surface area (Å²) in [5.74, 6) is -0.138. The number of alkyl halides is 3. The molecule has 0 unspecified atom stereocenters. The van der Waals surface area contributed by atoms with Crippen LogP contribution in [0, 0.1) is 5.92 Å². The van der Waals surface area contributed by atoms with Crippen molar-refractivity contribution in [3.63, 3.8) is 0 Å². The van der Waals surface area contributed by atoms with Gasteiger partial charge in [0, 0.05) is 0 Å². The van der Waals surface area contributed by atoms with E-state index in [0.717, 1.165) is 0 Å². The molecule has 1 rings (SSSR count). The van der Waals surface area contributed by atoms with Gasteiger partial charge < -0.3 is 4.98 Å². The van der Waals surface area contributed by atoms with Crippen molar-refractivity contribution in [3.05, 3.63) is 26.3 Å². The maximum Gasteiger partial charge on any atom is 0.396 e. The van der Waals surface area contributed by atoms with Crippen molar-refractivity contribution in [2.75, 3.05) is 0 Å². The van der Waals surface area contributed by atoms with Crippen LogP contribution in [-0.2, 0) is 12.8 Å². The minimum absolute atomic E-state index is 0.206. The van der Waals surface area contributed by atoms with E-state index >= 15 is 0 Å². The first-order valence-corrected chi connectivity index (χ1v) is 5.82. The molecule has 0 aliphatic carbocycles. The molecule has 1 heterocycles. The van der Waals surface area contributed by atoms with Crippen LogP contribution in [0.15, 0.2) is 9.27 Å². The quantitative estimate of drug-likeness (QED) is 0.933. The van der Waals surface area contributed by atoms with Crippen LogP contribution in [0.5, 0.6) is 0 Å². The first-order chi connectivity index (χ1) is 7.69. The van der Waals surface area contributed by atoms with E-state index in [0.29, 0.717) is 12.1 Å². The third-order valence-electron chi connectivity index (χ3n) is 1.95. The molecule has 0 atom stereocenters. The number of rotatable bonds is 3.